The number of alkyl halides is 5. The SMILES string of the molecule is O=C(O)CC(Br)C(F)C(F)C(F)F. The fourth-order valence-corrected chi connectivity index (χ4v) is 1.19. The van der Waals surface area contributed by atoms with Gasteiger partial charge in [-0.25, -0.2) is 17.6 Å². The Morgan fingerprint density at radius 3 is 2.00 bits per heavy atom. The number of carbonyl (C=O) groups is 1. The van der Waals surface area contributed by atoms with Crippen LogP contribution in [-0.4, -0.2) is 34.7 Å². The molecule has 0 aliphatic rings. The predicted octanol–water partition coefficient (Wildman–Crippen LogP) is 2.17. The van der Waals surface area contributed by atoms with Crippen LogP contribution in [0, 0.1) is 0 Å². The average Bonchev–Trinajstić information content (AvgIpc) is 2.00. The molecule has 13 heavy (non-hydrogen) atoms. The van der Waals surface area contributed by atoms with Gasteiger partial charge in [0.05, 0.1) is 11.2 Å². The Bertz CT molecular complexity index is 178. The van der Waals surface area contributed by atoms with Gasteiger partial charge in [-0.3, -0.25) is 4.79 Å². The van der Waals surface area contributed by atoms with E-state index in [2.05, 4.69) is 15.9 Å². The second-order valence-corrected chi connectivity index (χ2v) is 3.51. The van der Waals surface area contributed by atoms with Crippen LogP contribution in [0.15, 0.2) is 0 Å². The fourth-order valence-electron chi connectivity index (χ4n) is 0.618. The van der Waals surface area contributed by atoms with Crippen molar-refractivity contribution in [2.45, 2.75) is 30.0 Å². The zero-order chi connectivity index (χ0) is 10.6. The van der Waals surface area contributed by atoms with Crippen molar-refractivity contribution in [2.75, 3.05) is 0 Å². The summed E-state index contributed by atoms with van der Waals surface area (Å²) in [4.78, 5) is 8.56. The zero-order valence-corrected chi connectivity index (χ0v) is 7.85. The molecule has 0 amide bonds. The van der Waals surface area contributed by atoms with Crippen LogP contribution >= 0.6 is 15.9 Å². The molecule has 0 aliphatic carbocycles. The van der Waals surface area contributed by atoms with Crippen LogP contribution < -0.4 is 0 Å². The van der Waals surface area contributed by atoms with Gasteiger partial charge in [-0.2, -0.15) is 0 Å². The van der Waals surface area contributed by atoms with Gasteiger partial charge < -0.3 is 5.11 Å². The van der Waals surface area contributed by atoms with E-state index < -0.39 is 36.0 Å². The highest BCUT2D eigenvalue weighted by Gasteiger charge is 2.35. The van der Waals surface area contributed by atoms with Gasteiger partial charge in [-0.15, -0.1) is 0 Å². The Morgan fingerprint density at radius 1 is 1.23 bits per heavy atom. The Morgan fingerprint density at radius 2 is 1.69 bits per heavy atom. The summed E-state index contributed by atoms with van der Waals surface area (Å²) in [6.07, 6.45) is -9.66. The van der Waals surface area contributed by atoms with Crippen LogP contribution in [0.2, 0.25) is 0 Å². The van der Waals surface area contributed by atoms with Gasteiger partial charge in [0.1, 0.15) is 6.17 Å². The van der Waals surface area contributed by atoms with E-state index >= 15 is 0 Å². The summed E-state index contributed by atoms with van der Waals surface area (Å²) in [7, 11) is 0. The zero-order valence-electron chi connectivity index (χ0n) is 6.26. The highest BCUT2D eigenvalue weighted by Crippen LogP contribution is 2.22. The Balaban J connectivity index is 4.08. The van der Waals surface area contributed by atoms with Crippen LogP contribution in [0.25, 0.3) is 0 Å². The van der Waals surface area contributed by atoms with Crippen LogP contribution in [0.3, 0.4) is 0 Å². The third-order valence-electron chi connectivity index (χ3n) is 1.26. The van der Waals surface area contributed by atoms with Crippen LogP contribution in [0.4, 0.5) is 17.6 Å². The van der Waals surface area contributed by atoms with Gasteiger partial charge in [0.15, 0.2) is 6.17 Å². The Kier molecular flexibility index (Phi) is 5.27. The van der Waals surface area contributed by atoms with Crippen molar-refractivity contribution in [3.05, 3.63) is 0 Å². The van der Waals surface area contributed by atoms with E-state index in [0.717, 1.165) is 0 Å². The first-order valence-electron chi connectivity index (χ1n) is 3.28. The van der Waals surface area contributed by atoms with E-state index in [1.165, 1.54) is 0 Å². The standard InChI is InChI=1S/C6H7BrF4O2/c7-2(1-3(12)13)4(8)5(9)6(10)11/h2,4-6H,1H2,(H,12,13). The lowest BCUT2D eigenvalue weighted by molar-refractivity contribution is -0.137. The molecule has 0 bridgehead atoms. The fraction of sp³-hybridized carbons (Fsp3) is 0.833. The largest absolute Gasteiger partial charge is 0.481 e. The van der Waals surface area contributed by atoms with E-state index in [4.69, 9.17) is 5.11 Å². The minimum Gasteiger partial charge on any atom is -0.481 e. The second-order valence-electron chi connectivity index (χ2n) is 2.34. The van der Waals surface area contributed by atoms with E-state index in [-0.39, 0.29) is 0 Å². The third kappa shape index (κ3) is 4.44. The van der Waals surface area contributed by atoms with Crippen molar-refractivity contribution in [3.8, 4) is 0 Å². The van der Waals surface area contributed by atoms with Crippen molar-refractivity contribution in [1.82, 2.24) is 0 Å². The number of halogens is 5. The first-order valence-corrected chi connectivity index (χ1v) is 4.20. The first kappa shape index (κ1) is 12.7. The summed E-state index contributed by atoms with van der Waals surface area (Å²) in [5.74, 6) is -1.38. The van der Waals surface area contributed by atoms with Gasteiger partial charge in [-0.05, 0) is 0 Å². The molecule has 0 spiro atoms. The topological polar surface area (TPSA) is 37.3 Å². The summed E-state index contributed by atoms with van der Waals surface area (Å²) in [6.45, 7) is 0. The van der Waals surface area contributed by atoms with E-state index in [1.54, 1.807) is 0 Å². The summed E-state index contributed by atoms with van der Waals surface area (Å²) in [6, 6.07) is 0. The normalized spacial score (nSPS) is 18.3. The third-order valence-corrected chi connectivity index (χ3v) is 2.09. The lowest BCUT2D eigenvalue weighted by atomic mass is 10.1. The van der Waals surface area contributed by atoms with Crippen molar-refractivity contribution in [2.24, 2.45) is 0 Å². The second kappa shape index (κ2) is 5.41. The molecule has 0 saturated heterocycles. The molecule has 0 aromatic heterocycles. The highest BCUT2D eigenvalue weighted by atomic mass is 79.9. The molecule has 0 aromatic carbocycles. The molecule has 3 atom stereocenters. The molecule has 78 valence electrons. The lowest BCUT2D eigenvalue weighted by Gasteiger charge is -2.16. The number of carboxylic acids is 1. The maximum atomic E-state index is 12.6. The van der Waals surface area contributed by atoms with E-state index in [1.807, 2.05) is 0 Å². The quantitative estimate of drug-likeness (QED) is 0.612. The van der Waals surface area contributed by atoms with Crippen LogP contribution in [-0.2, 0) is 4.79 Å². The molecule has 0 fully saturated rings. The Hall–Kier alpha value is -0.330. The molecule has 2 nitrogen and oxygen atoms in total. The predicted molar refractivity (Wildman–Crippen MR) is 40.8 cm³/mol. The number of rotatable bonds is 5. The minimum absolute atomic E-state index is 0.742. The molecule has 7 heteroatoms. The first-order chi connectivity index (χ1) is 5.86. The van der Waals surface area contributed by atoms with Crippen LogP contribution in [0.1, 0.15) is 6.42 Å². The minimum atomic E-state index is -3.44. The maximum absolute atomic E-state index is 12.6. The van der Waals surface area contributed by atoms with Gasteiger partial charge >= 0.3 is 5.97 Å². The molecule has 0 radical (unpaired) electrons. The van der Waals surface area contributed by atoms with Crippen molar-refractivity contribution < 1.29 is 27.5 Å². The molecule has 0 aliphatic heterocycles. The number of hydrogen-bond donors (Lipinski definition) is 1. The average molecular weight is 267 g/mol. The summed E-state index contributed by atoms with van der Waals surface area (Å²) < 4.78 is 48.1. The van der Waals surface area contributed by atoms with Crippen molar-refractivity contribution >= 4 is 21.9 Å². The molecule has 1 N–H and O–H groups in total. The van der Waals surface area contributed by atoms with Gasteiger partial charge in [-0.1, -0.05) is 15.9 Å². The van der Waals surface area contributed by atoms with E-state index in [0.29, 0.717) is 0 Å². The van der Waals surface area contributed by atoms with Crippen molar-refractivity contribution in [1.29, 1.82) is 0 Å². The number of aliphatic carboxylic acids is 1. The molecule has 0 rings (SSSR count). The lowest BCUT2D eigenvalue weighted by Crippen LogP contribution is -2.33. The summed E-state index contributed by atoms with van der Waals surface area (Å²) in [5, 5.41) is 8.15. The van der Waals surface area contributed by atoms with Gasteiger partial charge in [0.25, 0.3) is 6.43 Å². The highest BCUT2D eigenvalue weighted by molar-refractivity contribution is 9.09. The molecular formula is C6H7BrF4O2. The van der Waals surface area contributed by atoms with Crippen LogP contribution in [0.5, 0.6) is 0 Å². The number of hydrogen-bond acceptors (Lipinski definition) is 1. The van der Waals surface area contributed by atoms with Crippen molar-refractivity contribution in [3.63, 3.8) is 0 Å². The molecule has 3 unspecified atom stereocenters. The molecule has 0 saturated carbocycles. The summed E-state index contributed by atoms with van der Waals surface area (Å²) >= 11 is 2.48. The monoisotopic (exact) mass is 266 g/mol. The summed E-state index contributed by atoms with van der Waals surface area (Å²) in [5.41, 5.74) is 0. The smallest absolute Gasteiger partial charge is 0.304 e. The maximum Gasteiger partial charge on any atom is 0.304 e. The molecule has 0 aromatic rings. The van der Waals surface area contributed by atoms with Gasteiger partial charge in [0.2, 0.25) is 0 Å². The number of carboxylic acid groups (broad SMARTS) is 1. The molecular weight excluding hydrogens is 260 g/mol. The molecule has 0 heterocycles. The Labute approximate surface area is 80.0 Å². The van der Waals surface area contributed by atoms with E-state index in [9.17, 15) is 22.4 Å². The van der Waals surface area contributed by atoms with Gasteiger partial charge in [0, 0.05) is 0 Å².